The number of esters is 1. The Morgan fingerprint density at radius 3 is 2.39 bits per heavy atom. The van der Waals surface area contributed by atoms with Crippen molar-refractivity contribution in [1.82, 2.24) is 0 Å². The average molecular weight is 482 g/mol. The molecular weight excluding hydrogens is 465 g/mol. The second kappa shape index (κ2) is 10.00. The topological polar surface area (TPSA) is 88.8 Å². The second-order valence-corrected chi connectivity index (χ2v) is 8.25. The number of ether oxygens (including phenoxy) is 3. The van der Waals surface area contributed by atoms with Gasteiger partial charge in [-0.1, -0.05) is 29.3 Å². The van der Waals surface area contributed by atoms with E-state index >= 15 is 0 Å². The fourth-order valence-electron chi connectivity index (χ4n) is 2.90. The first-order valence-corrected chi connectivity index (χ1v) is 10.5. The normalized spacial score (nSPS) is 11.6. The van der Waals surface area contributed by atoms with E-state index in [2.05, 4.69) is 0 Å². The number of carbonyl (C=O) groups is 2. The van der Waals surface area contributed by atoms with E-state index in [4.69, 9.17) is 37.4 Å². The molecular formula is C21H17Cl2NO6S. The van der Waals surface area contributed by atoms with Crippen LogP contribution in [-0.2, 0) is 11.2 Å². The van der Waals surface area contributed by atoms with Crippen LogP contribution in [0.1, 0.15) is 36.6 Å². The van der Waals surface area contributed by atoms with Gasteiger partial charge in [-0.2, -0.15) is 4.73 Å². The fraction of sp³-hybridized carbons (Fsp3) is 0.190. The summed E-state index contributed by atoms with van der Waals surface area (Å²) in [6.45, 7) is 0. The van der Waals surface area contributed by atoms with Gasteiger partial charge in [-0.3, -0.25) is 4.79 Å². The summed E-state index contributed by atoms with van der Waals surface area (Å²) in [5.41, 5.74) is 1.05. The van der Waals surface area contributed by atoms with Crippen LogP contribution >= 0.6 is 34.5 Å². The van der Waals surface area contributed by atoms with Gasteiger partial charge in [0.1, 0.15) is 21.0 Å². The third-order valence-corrected chi connectivity index (χ3v) is 6.06. The molecule has 1 atom stereocenters. The molecule has 0 aliphatic rings. The molecule has 0 amide bonds. The Labute approximate surface area is 192 Å². The van der Waals surface area contributed by atoms with Gasteiger partial charge in [-0.25, -0.2) is 4.79 Å². The number of benzene rings is 1. The van der Waals surface area contributed by atoms with Crippen molar-refractivity contribution in [2.45, 2.75) is 12.5 Å². The minimum atomic E-state index is -0.813. The predicted octanol–water partition coefficient (Wildman–Crippen LogP) is 4.66. The number of thiophene rings is 1. The van der Waals surface area contributed by atoms with Gasteiger partial charge < -0.3 is 19.4 Å². The summed E-state index contributed by atoms with van der Waals surface area (Å²) in [6.07, 6.45) is 2.30. The zero-order valence-electron chi connectivity index (χ0n) is 16.5. The predicted molar refractivity (Wildman–Crippen MR) is 117 cm³/mol. The number of rotatable bonds is 8. The van der Waals surface area contributed by atoms with Crippen molar-refractivity contribution < 1.29 is 28.5 Å². The molecule has 0 bridgehead atoms. The Morgan fingerprint density at radius 2 is 1.81 bits per heavy atom. The van der Waals surface area contributed by atoms with Crippen LogP contribution < -0.4 is 14.2 Å². The summed E-state index contributed by atoms with van der Waals surface area (Å²) in [6, 6.07) is 8.15. The van der Waals surface area contributed by atoms with Gasteiger partial charge in [0, 0.05) is 12.0 Å². The molecule has 0 radical (unpaired) electrons. The molecule has 0 saturated carbocycles. The monoisotopic (exact) mass is 481 g/mol. The molecule has 0 saturated heterocycles. The lowest BCUT2D eigenvalue weighted by molar-refractivity contribution is -0.605. The van der Waals surface area contributed by atoms with Crippen LogP contribution in [0, 0.1) is 5.21 Å². The first kappa shape index (κ1) is 22.9. The molecule has 3 rings (SSSR count). The maximum atomic E-state index is 12.7. The second-order valence-electron chi connectivity index (χ2n) is 6.32. The lowest BCUT2D eigenvalue weighted by Crippen LogP contribution is -2.25. The van der Waals surface area contributed by atoms with Crippen molar-refractivity contribution in [3.05, 3.63) is 78.9 Å². The molecule has 3 aromatic rings. The molecule has 0 aliphatic heterocycles. The lowest BCUT2D eigenvalue weighted by atomic mass is 10.0. The van der Waals surface area contributed by atoms with Crippen molar-refractivity contribution in [1.29, 1.82) is 0 Å². The first-order valence-electron chi connectivity index (χ1n) is 8.90. The minimum Gasteiger partial charge on any atom is -0.619 e. The summed E-state index contributed by atoms with van der Waals surface area (Å²) in [5, 5.41) is 11.9. The van der Waals surface area contributed by atoms with Crippen molar-refractivity contribution in [2.24, 2.45) is 0 Å². The van der Waals surface area contributed by atoms with E-state index in [1.54, 1.807) is 18.2 Å². The number of aromatic nitrogens is 1. The molecule has 7 nitrogen and oxygen atoms in total. The number of hydrogen-bond donors (Lipinski definition) is 0. The summed E-state index contributed by atoms with van der Waals surface area (Å²) in [4.78, 5) is 24.4. The van der Waals surface area contributed by atoms with E-state index in [1.807, 2.05) is 0 Å². The molecule has 0 aliphatic carbocycles. The van der Waals surface area contributed by atoms with Gasteiger partial charge in [0.25, 0.3) is 0 Å². The van der Waals surface area contributed by atoms with E-state index in [9.17, 15) is 14.8 Å². The standard InChI is InChI=1S/C21H17Cl2NO6S/c1-28-17-5-3-12(7-19(17)29-2)18(8-14-15(22)9-24(27)10-16(14)23)30-21(26)20-6-4-13(11-25)31-20/h3-7,9-11,18H,8H2,1-2H3. The molecule has 0 spiro atoms. The fourth-order valence-corrected chi connectivity index (χ4v) is 4.21. The highest BCUT2D eigenvalue weighted by Crippen LogP contribution is 2.35. The van der Waals surface area contributed by atoms with Gasteiger partial charge in [-0.15, -0.1) is 11.3 Å². The molecule has 10 heteroatoms. The number of hydrogen-bond acceptors (Lipinski definition) is 7. The van der Waals surface area contributed by atoms with Crippen LogP contribution in [0.3, 0.4) is 0 Å². The molecule has 1 aromatic carbocycles. The highest BCUT2D eigenvalue weighted by Gasteiger charge is 2.25. The van der Waals surface area contributed by atoms with E-state index in [-0.39, 0.29) is 21.3 Å². The Bertz CT molecular complexity index is 1090. The van der Waals surface area contributed by atoms with E-state index in [0.29, 0.717) is 38.5 Å². The van der Waals surface area contributed by atoms with Crippen molar-refractivity contribution >= 4 is 46.8 Å². The van der Waals surface area contributed by atoms with Gasteiger partial charge in [0.15, 0.2) is 30.2 Å². The molecule has 31 heavy (non-hydrogen) atoms. The van der Waals surface area contributed by atoms with Gasteiger partial charge in [-0.05, 0) is 29.8 Å². The van der Waals surface area contributed by atoms with Crippen LogP contribution in [0.4, 0.5) is 0 Å². The summed E-state index contributed by atoms with van der Waals surface area (Å²) in [5.74, 6) is 0.344. The Balaban J connectivity index is 1.99. The van der Waals surface area contributed by atoms with Crippen molar-refractivity contribution in [3.63, 3.8) is 0 Å². The van der Waals surface area contributed by atoms with Gasteiger partial charge in [0.05, 0.1) is 19.1 Å². The molecule has 0 N–H and O–H groups in total. The molecule has 162 valence electrons. The molecule has 2 heterocycles. The number of pyridine rings is 1. The highest BCUT2D eigenvalue weighted by atomic mass is 35.5. The smallest absolute Gasteiger partial charge is 0.348 e. The third-order valence-electron chi connectivity index (χ3n) is 4.42. The molecule has 2 aromatic heterocycles. The third kappa shape index (κ3) is 5.28. The van der Waals surface area contributed by atoms with Gasteiger partial charge in [0.2, 0.25) is 0 Å². The summed E-state index contributed by atoms with van der Waals surface area (Å²) in [7, 11) is 3.01. The van der Waals surface area contributed by atoms with E-state index in [0.717, 1.165) is 11.3 Å². The zero-order valence-corrected chi connectivity index (χ0v) is 18.8. The maximum absolute atomic E-state index is 12.7. The molecule has 1 unspecified atom stereocenters. The Kier molecular flexibility index (Phi) is 7.37. The quantitative estimate of drug-likeness (QED) is 0.201. The van der Waals surface area contributed by atoms with Crippen LogP contribution in [0.2, 0.25) is 10.0 Å². The summed E-state index contributed by atoms with van der Waals surface area (Å²) >= 11 is 13.5. The largest absolute Gasteiger partial charge is 0.619 e. The number of aldehydes is 1. The first-order chi connectivity index (χ1) is 14.9. The number of methoxy groups -OCH3 is 2. The van der Waals surface area contributed by atoms with Crippen LogP contribution in [-0.4, -0.2) is 26.5 Å². The number of nitrogens with zero attached hydrogens (tertiary/aromatic N) is 1. The van der Waals surface area contributed by atoms with E-state index < -0.39 is 12.1 Å². The minimum absolute atomic E-state index is 0.103. The van der Waals surface area contributed by atoms with Gasteiger partial charge >= 0.3 is 5.97 Å². The molecule has 0 fully saturated rings. The van der Waals surface area contributed by atoms with Crippen LogP contribution in [0.15, 0.2) is 42.7 Å². The number of carbonyl (C=O) groups excluding carboxylic acids is 2. The maximum Gasteiger partial charge on any atom is 0.348 e. The average Bonchev–Trinajstić information content (AvgIpc) is 3.24. The SMILES string of the molecule is COc1ccc(C(Cc2c(Cl)c[n+]([O-])cc2Cl)OC(=O)c2ccc(C=O)s2)cc1OC. The van der Waals surface area contributed by atoms with Crippen molar-refractivity contribution in [2.75, 3.05) is 14.2 Å². The number of halogens is 2. The van der Waals surface area contributed by atoms with Crippen molar-refractivity contribution in [3.8, 4) is 11.5 Å². The lowest BCUT2D eigenvalue weighted by Gasteiger charge is -2.20. The Morgan fingerprint density at radius 1 is 1.13 bits per heavy atom. The highest BCUT2D eigenvalue weighted by molar-refractivity contribution is 7.15. The Hall–Kier alpha value is -2.81. The van der Waals surface area contributed by atoms with E-state index in [1.165, 1.54) is 38.7 Å². The van der Waals surface area contributed by atoms with Crippen LogP contribution in [0.25, 0.3) is 0 Å². The van der Waals surface area contributed by atoms with Crippen LogP contribution in [0.5, 0.6) is 11.5 Å². The zero-order chi connectivity index (χ0) is 22.5. The summed E-state index contributed by atoms with van der Waals surface area (Å²) < 4.78 is 16.9.